The number of nitrogens with zero attached hydrogens (tertiary/aromatic N) is 1. The molecule has 0 saturated carbocycles. The first-order valence-electron chi connectivity index (χ1n) is 8.72. The van der Waals surface area contributed by atoms with Crippen molar-refractivity contribution in [2.75, 3.05) is 19.6 Å². The Kier molecular flexibility index (Phi) is 7.37. The lowest BCUT2D eigenvalue weighted by atomic mass is 9.96. The molecule has 7 nitrogen and oxygen atoms in total. The Hall–Kier alpha value is -2.64. The molecule has 1 aromatic carbocycles. The molecule has 0 aliphatic carbocycles. The van der Waals surface area contributed by atoms with Crippen LogP contribution >= 0.6 is 0 Å². The zero-order chi connectivity index (χ0) is 18.9. The van der Waals surface area contributed by atoms with Crippen LogP contribution in [0.2, 0.25) is 0 Å². The molecule has 0 radical (unpaired) electrons. The molecule has 26 heavy (non-hydrogen) atoms. The number of carbonyl (C=O) groups is 3. The summed E-state index contributed by atoms with van der Waals surface area (Å²) in [6.45, 7) is 1.64. The first-order chi connectivity index (χ1) is 12.5. The summed E-state index contributed by atoms with van der Waals surface area (Å²) in [5, 5.41) is 14.1. The Morgan fingerprint density at radius 3 is 2.38 bits per heavy atom. The predicted molar refractivity (Wildman–Crippen MR) is 92.8 cm³/mol. The van der Waals surface area contributed by atoms with Gasteiger partial charge in [0.25, 0.3) is 0 Å². The Morgan fingerprint density at radius 1 is 1.12 bits per heavy atom. The quantitative estimate of drug-likeness (QED) is 0.641. The molecule has 1 saturated heterocycles. The van der Waals surface area contributed by atoms with Crippen LogP contribution in [0.4, 0.5) is 9.18 Å². The minimum Gasteiger partial charge on any atom is -0.481 e. The van der Waals surface area contributed by atoms with E-state index in [-0.39, 0.29) is 30.1 Å². The van der Waals surface area contributed by atoms with Crippen molar-refractivity contribution in [2.24, 2.45) is 5.92 Å². The number of likely N-dealkylation sites (tertiary alicyclic amines) is 1. The highest BCUT2D eigenvalue weighted by molar-refractivity contribution is 5.79. The number of hydrogen-bond donors (Lipinski definition) is 3. The van der Waals surface area contributed by atoms with Crippen LogP contribution in [0.1, 0.15) is 31.2 Å². The minimum absolute atomic E-state index is 0.0244. The normalized spacial score (nSPS) is 14.7. The molecule has 3 amide bonds. The molecule has 3 N–H and O–H groups in total. The van der Waals surface area contributed by atoms with Gasteiger partial charge in [0.15, 0.2) is 0 Å². The van der Waals surface area contributed by atoms with Crippen LogP contribution in [0, 0.1) is 11.7 Å². The topological polar surface area (TPSA) is 98.7 Å². The maximum absolute atomic E-state index is 12.9. The van der Waals surface area contributed by atoms with Crippen molar-refractivity contribution in [2.45, 2.75) is 32.2 Å². The SMILES string of the molecule is O=C(O)CCCNC(=O)N1CCC(C(=O)NCc2ccc(F)cc2)CC1. The largest absolute Gasteiger partial charge is 0.481 e. The van der Waals surface area contributed by atoms with Crippen molar-refractivity contribution in [1.82, 2.24) is 15.5 Å². The molecule has 1 aliphatic heterocycles. The lowest BCUT2D eigenvalue weighted by Crippen LogP contribution is -2.47. The number of urea groups is 1. The summed E-state index contributed by atoms with van der Waals surface area (Å²) in [5.41, 5.74) is 0.831. The van der Waals surface area contributed by atoms with Gasteiger partial charge in [-0.1, -0.05) is 12.1 Å². The number of aliphatic carboxylic acids is 1. The van der Waals surface area contributed by atoms with E-state index >= 15 is 0 Å². The summed E-state index contributed by atoms with van der Waals surface area (Å²) in [4.78, 5) is 36.3. The summed E-state index contributed by atoms with van der Waals surface area (Å²) >= 11 is 0. The molecular formula is C18H24FN3O4. The van der Waals surface area contributed by atoms with E-state index in [4.69, 9.17) is 5.11 Å². The number of halogens is 1. The lowest BCUT2D eigenvalue weighted by molar-refractivity contribution is -0.137. The monoisotopic (exact) mass is 365 g/mol. The molecule has 0 aromatic heterocycles. The Balaban J connectivity index is 1.66. The van der Waals surface area contributed by atoms with E-state index in [0.29, 0.717) is 45.4 Å². The third-order valence-electron chi connectivity index (χ3n) is 4.38. The molecule has 2 rings (SSSR count). The summed E-state index contributed by atoms with van der Waals surface area (Å²) in [5.74, 6) is -1.40. The maximum atomic E-state index is 12.9. The molecule has 1 aliphatic rings. The van der Waals surface area contributed by atoms with Crippen molar-refractivity contribution in [3.05, 3.63) is 35.6 Å². The van der Waals surface area contributed by atoms with Crippen molar-refractivity contribution in [3.8, 4) is 0 Å². The zero-order valence-corrected chi connectivity index (χ0v) is 14.5. The fourth-order valence-corrected chi connectivity index (χ4v) is 2.83. The second-order valence-corrected chi connectivity index (χ2v) is 6.33. The molecule has 0 atom stereocenters. The highest BCUT2D eigenvalue weighted by Crippen LogP contribution is 2.17. The number of carbonyl (C=O) groups excluding carboxylic acids is 2. The van der Waals surface area contributed by atoms with Crippen LogP contribution in [0.25, 0.3) is 0 Å². The molecule has 0 spiro atoms. The first-order valence-corrected chi connectivity index (χ1v) is 8.72. The summed E-state index contributed by atoms with van der Waals surface area (Å²) in [6.07, 6.45) is 1.58. The van der Waals surface area contributed by atoms with Crippen LogP contribution in [-0.4, -0.2) is 47.5 Å². The van der Waals surface area contributed by atoms with Gasteiger partial charge in [-0.2, -0.15) is 0 Å². The molecule has 142 valence electrons. The smallest absolute Gasteiger partial charge is 0.317 e. The lowest BCUT2D eigenvalue weighted by Gasteiger charge is -2.31. The highest BCUT2D eigenvalue weighted by atomic mass is 19.1. The average Bonchev–Trinajstić information content (AvgIpc) is 2.64. The molecule has 1 fully saturated rings. The number of piperidine rings is 1. The summed E-state index contributed by atoms with van der Waals surface area (Å²) < 4.78 is 12.9. The van der Waals surface area contributed by atoms with Gasteiger partial charge in [-0.25, -0.2) is 9.18 Å². The summed E-state index contributed by atoms with van der Waals surface area (Å²) in [6, 6.07) is 5.75. The van der Waals surface area contributed by atoms with Gasteiger partial charge in [0, 0.05) is 38.5 Å². The second kappa shape index (κ2) is 9.74. The van der Waals surface area contributed by atoms with Gasteiger partial charge in [-0.05, 0) is 37.0 Å². The zero-order valence-electron chi connectivity index (χ0n) is 14.5. The van der Waals surface area contributed by atoms with Gasteiger partial charge in [0.05, 0.1) is 0 Å². The highest BCUT2D eigenvalue weighted by Gasteiger charge is 2.27. The molecule has 1 heterocycles. The first kappa shape index (κ1) is 19.7. The van der Waals surface area contributed by atoms with E-state index in [0.717, 1.165) is 5.56 Å². The van der Waals surface area contributed by atoms with Gasteiger partial charge in [-0.15, -0.1) is 0 Å². The molecule has 0 bridgehead atoms. The number of benzene rings is 1. The Morgan fingerprint density at radius 2 is 1.77 bits per heavy atom. The molecular weight excluding hydrogens is 341 g/mol. The van der Waals surface area contributed by atoms with E-state index in [1.165, 1.54) is 12.1 Å². The average molecular weight is 365 g/mol. The van der Waals surface area contributed by atoms with Gasteiger partial charge < -0.3 is 20.6 Å². The fourth-order valence-electron chi connectivity index (χ4n) is 2.83. The number of carboxylic acid groups (broad SMARTS) is 1. The van der Waals surface area contributed by atoms with E-state index in [2.05, 4.69) is 10.6 Å². The number of nitrogens with one attached hydrogen (secondary N) is 2. The number of amides is 3. The van der Waals surface area contributed by atoms with Crippen molar-refractivity contribution >= 4 is 17.9 Å². The van der Waals surface area contributed by atoms with Crippen molar-refractivity contribution < 1.29 is 23.9 Å². The number of carboxylic acids is 1. The van der Waals surface area contributed by atoms with E-state index < -0.39 is 5.97 Å². The van der Waals surface area contributed by atoms with Crippen LogP contribution in [0.5, 0.6) is 0 Å². The maximum Gasteiger partial charge on any atom is 0.317 e. The Bertz CT molecular complexity index is 628. The second-order valence-electron chi connectivity index (χ2n) is 6.33. The van der Waals surface area contributed by atoms with E-state index in [1.807, 2.05) is 0 Å². The third kappa shape index (κ3) is 6.34. The summed E-state index contributed by atoms with van der Waals surface area (Å²) in [7, 11) is 0. The van der Waals surface area contributed by atoms with Crippen LogP contribution < -0.4 is 10.6 Å². The van der Waals surface area contributed by atoms with E-state index in [1.54, 1.807) is 17.0 Å². The van der Waals surface area contributed by atoms with Crippen LogP contribution in [0.3, 0.4) is 0 Å². The third-order valence-corrected chi connectivity index (χ3v) is 4.38. The predicted octanol–water partition coefficient (Wildman–Crippen LogP) is 1.73. The number of rotatable bonds is 7. The Labute approximate surface area is 151 Å². The van der Waals surface area contributed by atoms with Crippen LogP contribution in [-0.2, 0) is 16.1 Å². The van der Waals surface area contributed by atoms with Crippen molar-refractivity contribution in [3.63, 3.8) is 0 Å². The van der Waals surface area contributed by atoms with Crippen LogP contribution in [0.15, 0.2) is 24.3 Å². The molecule has 1 aromatic rings. The van der Waals surface area contributed by atoms with E-state index in [9.17, 15) is 18.8 Å². The molecule has 0 unspecified atom stereocenters. The van der Waals surface area contributed by atoms with Crippen molar-refractivity contribution in [1.29, 1.82) is 0 Å². The number of hydrogen-bond acceptors (Lipinski definition) is 3. The van der Waals surface area contributed by atoms with Gasteiger partial charge in [0.2, 0.25) is 5.91 Å². The van der Waals surface area contributed by atoms with Gasteiger partial charge >= 0.3 is 12.0 Å². The fraction of sp³-hybridized carbons (Fsp3) is 0.500. The molecule has 8 heteroatoms. The minimum atomic E-state index is -0.883. The standard InChI is InChI=1S/C18H24FN3O4/c19-15-5-3-13(4-6-15)12-21-17(25)14-7-10-22(11-8-14)18(26)20-9-1-2-16(23)24/h3-6,14H,1-2,7-12H2,(H,20,26)(H,21,25)(H,23,24). The van der Waals surface area contributed by atoms with Gasteiger partial charge in [-0.3, -0.25) is 9.59 Å². The van der Waals surface area contributed by atoms with Gasteiger partial charge in [0.1, 0.15) is 5.82 Å².